The van der Waals surface area contributed by atoms with Crippen LogP contribution in [0.15, 0.2) is 23.2 Å². The second kappa shape index (κ2) is 11.5. The van der Waals surface area contributed by atoms with Crippen molar-refractivity contribution < 1.29 is 9.13 Å². The van der Waals surface area contributed by atoms with Gasteiger partial charge in [0.1, 0.15) is 5.82 Å². The molecule has 1 rings (SSSR count). The number of methoxy groups -OCH3 is 1. The highest BCUT2D eigenvalue weighted by Gasteiger charge is 2.05. The van der Waals surface area contributed by atoms with Gasteiger partial charge < -0.3 is 20.3 Å². The quantitative estimate of drug-likeness (QED) is 0.305. The number of ether oxygens (including phenoxy) is 1. The lowest BCUT2D eigenvalue weighted by Gasteiger charge is -2.14. The Morgan fingerprint density at radius 1 is 1.32 bits per heavy atom. The van der Waals surface area contributed by atoms with E-state index in [-0.39, 0.29) is 29.8 Å². The van der Waals surface area contributed by atoms with E-state index in [0.717, 1.165) is 12.1 Å². The molecule has 0 amide bonds. The van der Waals surface area contributed by atoms with Crippen LogP contribution in [0.1, 0.15) is 12.5 Å². The highest BCUT2D eigenvalue weighted by atomic mass is 127. The molecule has 0 aliphatic heterocycles. The van der Waals surface area contributed by atoms with E-state index >= 15 is 0 Å². The summed E-state index contributed by atoms with van der Waals surface area (Å²) >= 11 is 0. The predicted molar refractivity (Wildman–Crippen MR) is 101 cm³/mol. The summed E-state index contributed by atoms with van der Waals surface area (Å²) in [5, 5.41) is 6.29. The Labute approximate surface area is 149 Å². The van der Waals surface area contributed by atoms with Gasteiger partial charge in [0.25, 0.3) is 0 Å². The Bertz CT molecular complexity index is 469. The van der Waals surface area contributed by atoms with Gasteiger partial charge in [-0.25, -0.2) is 9.38 Å². The zero-order chi connectivity index (χ0) is 15.7. The molecule has 0 heterocycles. The zero-order valence-electron chi connectivity index (χ0n) is 13.6. The molecule has 0 aromatic heterocycles. The molecule has 0 unspecified atom stereocenters. The highest BCUT2D eigenvalue weighted by molar-refractivity contribution is 14.0. The average Bonchev–Trinajstić information content (AvgIpc) is 2.44. The van der Waals surface area contributed by atoms with Gasteiger partial charge in [-0.15, -0.1) is 24.0 Å². The van der Waals surface area contributed by atoms with Gasteiger partial charge in [0, 0.05) is 34.3 Å². The summed E-state index contributed by atoms with van der Waals surface area (Å²) in [4.78, 5) is 6.18. The first-order valence-electron chi connectivity index (χ1n) is 7.05. The minimum Gasteiger partial charge on any atom is -0.383 e. The third-order valence-electron chi connectivity index (χ3n) is 2.86. The topological polar surface area (TPSA) is 48.9 Å². The summed E-state index contributed by atoms with van der Waals surface area (Å²) in [5.74, 6) is 0.469. The largest absolute Gasteiger partial charge is 0.383 e. The Morgan fingerprint density at radius 2 is 2.05 bits per heavy atom. The SMILES string of the molecule is CCNC(=NCc1ccc(N(C)C)c(F)c1)NCCOC.I. The van der Waals surface area contributed by atoms with E-state index in [1.165, 1.54) is 6.07 Å². The highest BCUT2D eigenvalue weighted by Crippen LogP contribution is 2.18. The number of guanidine groups is 1. The van der Waals surface area contributed by atoms with Crippen molar-refractivity contribution in [3.8, 4) is 0 Å². The summed E-state index contributed by atoms with van der Waals surface area (Å²) in [6, 6.07) is 5.18. The van der Waals surface area contributed by atoms with Crippen molar-refractivity contribution >= 4 is 35.6 Å². The number of anilines is 1. The molecule has 0 aliphatic rings. The molecule has 126 valence electrons. The van der Waals surface area contributed by atoms with E-state index in [4.69, 9.17) is 4.74 Å². The standard InChI is InChI=1S/C15H25FN4O.HI/c1-5-17-15(18-8-9-21-4)19-11-12-6-7-14(20(2)3)13(16)10-12;/h6-7,10H,5,8-9,11H2,1-4H3,(H2,17,18,19);1H. The van der Waals surface area contributed by atoms with E-state index < -0.39 is 0 Å². The molecule has 0 saturated heterocycles. The second-order valence-corrected chi connectivity index (χ2v) is 4.79. The van der Waals surface area contributed by atoms with Crippen molar-refractivity contribution in [1.29, 1.82) is 0 Å². The van der Waals surface area contributed by atoms with Crippen molar-refractivity contribution in [2.75, 3.05) is 45.8 Å². The molecule has 1 aromatic carbocycles. The van der Waals surface area contributed by atoms with E-state index in [2.05, 4.69) is 15.6 Å². The minimum atomic E-state index is -0.231. The van der Waals surface area contributed by atoms with E-state index in [0.29, 0.717) is 31.3 Å². The molecule has 2 N–H and O–H groups in total. The average molecular weight is 424 g/mol. The number of aliphatic imine (C=N–C) groups is 1. The van der Waals surface area contributed by atoms with E-state index in [9.17, 15) is 4.39 Å². The molecule has 5 nitrogen and oxygen atoms in total. The van der Waals surface area contributed by atoms with Crippen LogP contribution in [0.3, 0.4) is 0 Å². The van der Waals surface area contributed by atoms with Gasteiger partial charge in [-0.1, -0.05) is 6.07 Å². The third-order valence-corrected chi connectivity index (χ3v) is 2.86. The van der Waals surface area contributed by atoms with Crippen LogP contribution in [0.2, 0.25) is 0 Å². The monoisotopic (exact) mass is 424 g/mol. The summed E-state index contributed by atoms with van der Waals surface area (Å²) < 4.78 is 18.9. The number of rotatable bonds is 7. The minimum absolute atomic E-state index is 0. The van der Waals surface area contributed by atoms with Gasteiger partial charge in [-0.2, -0.15) is 0 Å². The number of nitrogens with zero attached hydrogens (tertiary/aromatic N) is 2. The van der Waals surface area contributed by atoms with Crippen LogP contribution in [0.25, 0.3) is 0 Å². The van der Waals surface area contributed by atoms with Gasteiger partial charge in [0.2, 0.25) is 0 Å². The van der Waals surface area contributed by atoms with Crippen LogP contribution >= 0.6 is 24.0 Å². The maximum absolute atomic E-state index is 13.9. The maximum Gasteiger partial charge on any atom is 0.191 e. The molecule has 0 atom stereocenters. The molecule has 0 bridgehead atoms. The molecule has 0 radical (unpaired) electrons. The fourth-order valence-electron chi connectivity index (χ4n) is 1.80. The third kappa shape index (κ3) is 7.26. The van der Waals surface area contributed by atoms with Crippen molar-refractivity contribution in [2.24, 2.45) is 4.99 Å². The molecular formula is C15H26FIN4O. The van der Waals surface area contributed by atoms with Crippen LogP contribution < -0.4 is 15.5 Å². The summed E-state index contributed by atoms with van der Waals surface area (Å²) in [6.07, 6.45) is 0. The molecule has 0 fully saturated rings. The first-order valence-corrected chi connectivity index (χ1v) is 7.05. The van der Waals surface area contributed by atoms with E-state index in [1.54, 1.807) is 18.1 Å². The van der Waals surface area contributed by atoms with Gasteiger partial charge in [0.05, 0.1) is 18.8 Å². The Morgan fingerprint density at radius 3 is 2.59 bits per heavy atom. The molecule has 0 aliphatic carbocycles. The van der Waals surface area contributed by atoms with Crippen LogP contribution in [0.5, 0.6) is 0 Å². The maximum atomic E-state index is 13.9. The van der Waals surface area contributed by atoms with Crippen molar-refractivity contribution in [3.63, 3.8) is 0 Å². The Balaban J connectivity index is 0.00000441. The molecule has 0 saturated carbocycles. The molecule has 1 aromatic rings. The molecule has 7 heteroatoms. The molecular weight excluding hydrogens is 398 g/mol. The lowest BCUT2D eigenvalue weighted by molar-refractivity contribution is 0.203. The van der Waals surface area contributed by atoms with Crippen LogP contribution in [0, 0.1) is 5.82 Å². The lowest BCUT2D eigenvalue weighted by Crippen LogP contribution is -2.38. The molecule has 0 spiro atoms. The number of halogens is 2. The first kappa shape index (κ1) is 20.9. The molecule has 22 heavy (non-hydrogen) atoms. The van der Waals surface area contributed by atoms with Gasteiger partial charge in [-0.05, 0) is 24.6 Å². The van der Waals surface area contributed by atoms with Gasteiger partial charge in [-0.3, -0.25) is 0 Å². The number of hydrogen-bond acceptors (Lipinski definition) is 3. The Kier molecular flexibility index (Phi) is 10.9. The van der Waals surface area contributed by atoms with Crippen LogP contribution in [-0.4, -0.2) is 46.9 Å². The van der Waals surface area contributed by atoms with Crippen LogP contribution in [-0.2, 0) is 11.3 Å². The predicted octanol–water partition coefficient (Wildman–Crippen LogP) is 2.21. The van der Waals surface area contributed by atoms with Crippen molar-refractivity contribution in [3.05, 3.63) is 29.6 Å². The lowest BCUT2D eigenvalue weighted by atomic mass is 10.2. The number of hydrogen-bond donors (Lipinski definition) is 2. The van der Waals surface area contributed by atoms with Gasteiger partial charge >= 0.3 is 0 Å². The summed E-state index contributed by atoms with van der Waals surface area (Å²) in [6.45, 7) is 4.48. The summed E-state index contributed by atoms with van der Waals surface area (Å²) in [7, 11) is 5.29. The van der Waals surface area contributed by atoms with Crippen molar-refractivity contribution in [1.82, 2.24) is 10.6 Å². The van der Waals surface area contributed by atoms with E-state index in [1.807, 2.05) is 27.1 Å². The van der Waals surface area contributed by atoms with Crippen molar-refractivity contribution in [2.45, 2.75) is 13.5 Å². The number of benzene rings is 1. The second-order valence-electron chi connectivity index (χ2n) is 4.79. The zero-order valence-corrected chi connectivity index (χ0v) is 16.0. The number of nitrogens with one attached hydrogen (secondary N) is 2. The first-order chi connectivity index (χ1) is 10.1. The fourth-order valence-corrected chi connectivity index (χ4v) is 1.80. The normalized spacial score (nSPS) is 10.9. The van der Waals surface area contributed by atoms with Crippen LogP contribution in [0.4, 0.5) is 10.1 Å². The summed E-state index contributed by atoms with van der Waals surface area (Å²) in [5.41, 5.74) is 1.41. The fraction of sp³-hybridized carbons (Fsp3) is 0.533. The Hall–Kier alpha value is -1.09. The van der Waals surface area contributed by atoms with Gasteiger partial charge in [0.15, 0.2) is 5.96 Å². The smallest absolute Gasteiger partial charge is 0.191 e.